The number of ether oxygens (including phenoxy) is 1. The molecule has 0 aromatic heterocycles. The zero-order valence-electron chi connectivity index (χ0n) is 11.3. The van der Waals surface area contributed by atoms with E-state index < -0.39 is 5.97 Å². The smallest absolute Gasteiger partial charge is 0.312 e. The van der Waals surface area contributed by atoms with Crippen LogP contribution < -0.4 is 4.74 Å². The lowest BCUT2D eigenvalue weighted by Gasteiger charge is -2.27. The summed E-state index contributed by atoms with van der Waals surface area (Å²) < 4.78 is 5.19. The number of carbonyl (C=O) groups excluding carboxylic acids is 1. The molecule has 3 rings (SSSR count). The molecule has 21 heavy (non-hydrogen) atoms. The molecule has 0 spiro atoms. The van der Waals surface area contributed by atoms with Gasteiger partial charge in [0.25, 0.3) is 0 Å². The summed E-state index contributed by atoms with van der Waals surface area (Å²) in [6, 6.07) is 7.50. The van der Waals surface area contributed by atoms with E-state index in [1.54, 1.807) is 12.1 Å². The molecule has 0 fully saturated rings. The Morgan fingerprint density at radius 1 is 1.10 bits per heavy atom. The second kappa shape index (κ2) is 4.70. The van der Waals surface area contributed by atoms with E-state index in [0.29, 0.717) is 11.3 Å². The fourth-order valence-corrected chi connectivity index (χ4v) is 2.75. The molecule has 3 N–H and O–H groups in total. The average Bonchev–Trinajstić information content (AvgIpc) is 2.40. The van der Waals surface area contributed by atoms with Gasteiger partial charge in [0.2, 0.25) is 0 Å². The Morgan fingerprint density at radius 3 is 2.57 bits per heavy atom. The van der Waals surface area contributed by atoms with Crippen LogP contribution in [0, 0.1) is 6.92 Å². The Bertz CT molecular complexity index is 736. The van der Waals surface area contributed by atoms with E-state index in [1.165, 1.54) is 18.2 Å². The molecule has 0 bridgehead atoms. The topological polar surface area (TPSA) is 87.0 Å². The van der Waals surface area contributed by atoms with Gasteiger partial charge in [0, 0.05) is 17.5 Å². The summed E-state index contributed by atoms with van der Waals surface area (Å²) in [5, 5.41) is 28.7. The molecular formula is C16H14O5. The number of phenols is 3. The number of aryl methyl sites for hydroxylation is 1. The van der Waals surface area contributed by atoms with E-state index in [-0.39, 0.29) is 29.6 Å². The van der Waals surface area contributed by atoms with E-state index in [9.17, 15) is 20.1 Å². The molecule has 1 aliphatic rings. The van der Waals surface area contributed by atoms with Crippen molar-refractivity contribution in [3.05, 3.63) is 47.0 Å². The first-order valence-corrected chi connectivity index (χ1v) is 6.52. The molecule has 0 radical (unpaired) electrons. The van der Waals surface area contributed by atoms with Crippen molar-refractivity contribution < 1.29 is 24.9 Å². The number of fused-ring (bicyclic) bond motifs is 1. The van der Waals surface area contributed by atoms with Crippen LogP contribution in [0.5, 0.6) is 23.0 Å². The van der Waals surface area contributed by atoms with Crippen LogP contribution in [0.3, 0.4) is 0 Å². The third kappa shape index (κ3) is 2.27. The van der Waals surface area contributed by atoms with Crippen LogP contribution in [0.2, 0.25) is 0 Å². The molecule has 1 aliphatic heterocycles. The summed E-state index contributed by atoms with van der Waals surface area (Å²) in [7, 11) is 0. The van der Waals surface area contributed by atoms with Crippen LogP contribution in [0.25, 0.3) is 0 Å². The summed E-state index contributed by atoms with van der Waals surface area (Å²) in [6.07, 6.45) is 0.142. The van der Waals surface area contributed by atoms with Crippen LogP contribution in [-0.2, 0) is 4.79 Å². The van der Waals surface area contributed by atoms with Gasteiger partial charge in [-0.05, 0) is 36.2 Å². The first-order chi connectivity index (χ1) is 9.95. The maximum Gasteiger partial charge on any atom is 0.312 e. The van der Waals surface area contributed by atoms with Crippen LogP contribution in [0.1, 0.15) is 29.0 Å². The molecule has 1 unspecified atom stereocenters. The van der Waals surface area contributed by atoms with Crippen molar-refractivity contribution in [1.29, 1.82) is 0 Å². The van der Waals surface area contributed by atoms with Crippen molar-refractivity contribution >= 4 is 5.97 Å². The fraction of sp³-hybridized carbons (Fsp3) is 0.188. The van der Waals surface area contributed by atoms with Crippen molar-refractivity contribution in [2.24, 2.45) is 0 Å². The van der Waals surface area contributed by atoms with Crippen molar-refractivity contribution in [2.45, 2.75) is 19.3 Å². The lowest BCUT2D eigenvalue weighted by atomic mass is 9.84. The predicted molar refractivity (Wildman–Crippen MR) is 74.7 cm³/mol. The van der Waals surface area contributed by atoms with Gasteiger partial charge in [-0.15, -0.1) is 0 Å². The molecule has 2 aromatic rings. The van der Waals surface area contributed by atoms with Gasteiger partial charge in [0.05, 0.1) is 6.42 Å². The van der Waals surface area contributed by atoms with Crippen molar-refractivity contribution in [2.75, 3.05) is 0 Å². The Kier molecular flexibility index (Phi) is 2.97. The number of esters is 1. The molecule has 1 heterocycles. The van der Waals surface area contributed by atoms with Gasteiger partial charge < -0.3 is 20.1 Å². The number of aromatic hydroxyl groups is 3. The van der Waals surface area contributed by atoms with Crippen LogP contribution in [0.4, 0.5) is 0 Å². The molecule has 5 heteroatoms. The van der Waals surface area contributed by atoms with Gasteiger partial charge in [-0.2, -0.15) is 0 Å². The predicted octanol–water partition coefficient (Wildman–Crippen LogP) is 2.55. The normalized spacial score (nSPS) is 17.2. The Labute approximate surface area is 121 Å². The quantitative estimate of drug-likeness (QED) is 0.426. The summed E-state index contributed by atoms with van der Waals surface area (Å²) in [5.74, 6) is -0.753. The molecule has 5 nitrogen and oxygen atoms in total. The number of carbonyl (C=O) groups is 1. The molecule has 0 aliphatic carbocycles. The minimum atomic E-state index is -0.398. The van der Waals surface area contributed by atoms with Gasteiger partial charge in [-0.25, -0.2) is 0 Å². The average molecular weight is 286 g/mol. The van der Waals surface area contributed by atoms with Gasteiger partial charge in [-0.3, -0.25) is 4.79 Å². The van der Waals surface area contributed by atoms with Gasteiger partial charge in [0.1, 0.15) is 11.5 Å². The molecule has 0 saturated carbocycles. The minimum Gasteiger partial charge on any atom is -0.508 e. The third-order valence-corrected chi connectivity index (χ3v) is 3.68. The van der Waals surface area contributed by atoms with Crippen molar-refractivity contribution in [3.8, 4) is 23.0 Å². The van der Waals surface area contributed by atoms with Crippen LogP contribution >= 0.6 is 0 Å². The lowest BCUT2D eigenvalue weighted by Crippen LogP contribution is -2.21. The number of hydrogen-bond donors (Lipinski definition) is 3. The monoisotopic (exact) mass is 286 g/mol. The maximum absolute atomic E-state index is 11.8. The molecule has 1 atom stereocenters. The molecular weight excluding hydrogens is 272 g/mol. The molecule has 0 amide bonds. The van der Waals surface area contributed by atoms with Crippen LogP contribution in [-0.4, -0.2) is 21.3 Å². The molecule has 2 aromatic carbocycles. The minimum absolute atomic E-state index is 0.0354. The second-order valence-electron chi connectivity index (χ2n) is 5.15. The number of rotatable bonds is 1. The fourth-order valence-electron chi connectivity index (χ4n) is 2.75. The summed E-state index contributed by atoms with van der Waals surface area (Å²) in [6.45, 7) is 1.82. The SMILES string of the molecule is Cc1cc(O)cc2c1C(c1ccc(O)c(O)c1)CC(=O)O2. The number of benzene rings is 2. The Morgan fingerprint density at radius 2 is 1.86 bits per heavy atom. The van der Waals surface area contributed by atoms with Crippen molar-refractivity contribution in [3.63, 3.8) is 0 Å². The van der Waals surface area contributed by atoms with E-state index in [0.717, 1.165) is 11.1 Å². The highest BCUT2D eigenvalue weighted by Gasteiger charge is 2.30. The van der Waals surface area contributed by atoms with Crippen LogP contribution in [0.15, 0.2) is 30.3 Å². The van der Waals surface area contributed by atoms with Gasteiger partial charge in [-0.1, -0.05) is 6.07 Å². The second-order valence-corrected chi connectivity index (χ2v) is 5.15. The third-order valence-electron chi connectivity index (χ3n) is 3.68. The zero-order valence-corrected chi connectivity index (χ0v) is 11.3. The molecule has 0 saturated heterocycles. The van der Waals surface area contributed by atoms with E-state index >= 15 is 0 Å². The highest BCUT2D eigenvalue weighted by molar-refractivity contribution is 5.78. The standard InChI is InChI=1S/C16H14O5/c1-8-4-10(17)6-14-16(8)11(7-15(20)21-14)9-2-3-12(18)13(19)5-9/h2-6,11,17-19H,7H2,1H3. The van der Waals surface area contributed by atoms with E-state index in [1.807, 2.05) is 6.92 Å². The first-order valence-electron chi connectivity index (χ1n) is 6.52. The summed E-state index contributed by atoms with van der Waals surface area (Å²) in [5.41, 5.74) is 2.31. The molecule has 108 valence electrons. The largest absolute Gasteiger partial charge is 0.508 e. The maximum atomic E-state index is 11.8. The summed E-state index contributed by atoms with van der Waals surface area (Å²) in [4.78, 5) is 11.8. The highest BCUT2D eigenvalue weighted by Crippen LogP contribution is 2.43. The zero-order chi connectivity index (χ0) is 15.1. The Hall–Kier alpha value is -2.69. The van der Waals surface area contributed by atoms with Gasteiger partial charge in [0.15, 0.2) is 11.5 Å². The van der Waals surface area contributed by atoms with Crippen molar-refractivity contribution in [1.82, 2.24) is 0 Å². The Balaban J connectivity index is 2.16. The first kappa shape index (κ1) is 13.3. The lowest BCUT2D eigenvalue weighted by molar-refractivity contribution is -0.135. The van der Waals surface area contributed by atoms with E-state index in [4.69, 9.17) is 4.74 Å². The summed E-state index contributed by atoms with van der Waals surface area (Å²) >= 11 is 0. The number of hydrogen-bond acceptors (Lipinski definition) is 5. The van der Waals surface area contributed by atoms with Gasteiger partial charge >= 0.3 is 5.97 Å². The number of phenolic OH excluding ortho intramolecular Hbond substituents is 3. The highest BCUT2D eigenvalue weighted by atomic mass is 16.5. The van der Waals surface area contributed by atoms with E-state index in [2.05, 4.69) is 0 Å².